The SMILES string of the molecule is Cn1[c]cc(C(F)F)n1. The van der Waals surface area contributed by atoms with Gasteiger partial charge in [0, 0.05) is 7.05 Å². The van der Waals surface area contributed by atoms with Gasteiger partial charge in [0.2, 0.25) is 0 Å². The second kappa shape index (κ2) is 2.13. The summed E-state index contributed by atoms with van der Waals surface area (Å²) in [6.07, 6.45) is -0.00833. The van der Waals surface area contributed by atoms with Crippen molar-refractivity contribution in [3.63, 3.8) is 0 Å². The zero-order valence-corrected chi connectivity index (χ0v) is 4.81. The van der Waals surface area contributed by atoms with E-state index in [1.54, 1.807) is 7.05 Å². The molecule has 4 heteroatoms. The van der Waals surface area contributed by atoms with Crippen LogP contribution in [0, 0.1) is 6.20 Å². The van der Waals surface area contributed by atoms with Crippen molar-refractivity contribution < 1.29 is 8.78 Å². The van der Waals surface area contributed by atoms with E-state index in [-0.39, 0.29) is 5.69 Å². The smallest absolute Gasteiger partial charge is 0.266 e. The van der Waals surface area contributed by atoms with Gasteiger partial charge in [0.15, 0.2) is 0 Å². The second-order valence-corrected chi connectivity index (χ2v) is 1.62. The van der Waals surface area contributed by atoms with Gasteiger partial charge in [-0.05, 0) is 6.07 Å². The Hall–Kier alpha value is -0.930. The van der Waals surface area contributed by atoms with Gasteiger partial charge < -0.3 is 0 Å². The number of rotatable bonds is 1. The molecule has 0 aliphatic rings. The molecule has 1 rings (SSSR count). The van der Waals surface area contributed by atoms with Crippen molar-refractivity contribution in [3.8, 4) is 0 Å². The van der Waals surface area contributed by atoms with Crippen LogP contribution in [0.4, 0.5) is 8.78 Å². The highest BCUT2D eigenvalue weighted by atomic mass is 19.3. The monoisotopic (exact) mass is 131 g/mol. The standard InChI is InChI=1S/C5H5F2N2/c1-9-3-2-4(8-9)5(6)7/h2,5H,1H3. The summed E-state index contributed by atoms with van der Waals surface area (Å²) < 4.78 is 24.6. The molecule has 0 bridgehead atoms. The lowest BCUT2D eigenvalue weighted by molar-refractivity contribution is 0.145. The van der Waals surface area contributed by atoms with Crippen LogP contribution in [-0.4, -0.2) is 9.78 Å². The average Bonchev–Trinajstić information content (AvgIpc) is 2.14. The van der Waals surface area contributed by atoms with Gasteiger partial charge in [0.25, 0.3) is 6.43 Å². The number of aryl methyl sites for hydroxylation is 1. The van der Waals surface area contributed by atoms with Gasteiger partial charge in [-0.3, -0.25) is 4.68 Å². The third-order valence-electron chi connectivity index (χ3n) is 0.888. The van der Waals surface area contributed by atoms with Crippen LogP contribution < -0.4 is 0 Å². The first-order valence-corrected chi connectivity index (χ1v) is 2.40. The van der Waals surface area contributed by atoms with E-state index < -0.39 is 6.43 Å². The summed E-state index contributed by atoms with van der Waals surface area (Å²) in [7, 11) is 1.55. The molecule has 0 saturated carbocycles. The molecular formula is C5H5F2N2. The van der Waals surface area contributed by atoms with E-state index in [2.05, 4.69) is 11.3 Å². The van der Waals surface area contributed by atoms with Crippen LogP contribution >= 0.6 is 0 Å². The molecule has 0 unspecified atom stereocenters. The van der Waals surface area contributed by atoms with Crippen molar-refractivity contribution in [1.82, 2.24) is 9.78 Å². The molecule has 1 aromatic heterocycles. The molecule has 0 saturated heterocycles. The lowest BCUT2D eigenvalue weighted by atomic mass is 10.5. The highest BCUT2D eigenvalue weighted by molar-refractivity contribution is 4.98. The fourth-order valence-corrected chi connectivity index (χ4v) is 0.497. The van der Waals surface area contributed by atoms with Crippen LogP contribution in [0.15, 0.2) is 6.07 Å². The molecule has 0 spiro atoms. The molecule has 0 amide bonds. The molecule has 0 aliphatic carbocycles. The van der Waals surface area contributed by atoms with Gasteiger partial charge in [-0.1, -0.05) is 0 Å². The fraction of sp³-hybridized carbons (Fsp3) is 0.400. The largest absolute Gasteiger partial charge is 0.282 e. The van der Waals surface area contributed by atoms with Crippen LogP contribution in [0.2, 0.25) is 0 Å². The van der Waals surface area contributed by atoms with Crippen LogP contribution in [0.5, 0.6) is 0 Å². The molecule has 0 aromatic carbocycles. The van der Waals surface area contributed by atoms with Crippen LogP contribution in [0.3, 0.4) is 0 Å². The van der Waals surface area contributed by atoms with Crippen molar-refractivity contribution in [2.75, 3.05) is 0 Å². The number of alkyl halides is 2. The molecule has 49 valence electrons. The van der Waals surface area contributed by atoms with Gasteiger partial charge >= 0.3 is 0 Å². The molecule has 0 atom stereocenters. The first-order chi connectivity index (χ1) is 4.20. The Labute approximate surface area is 51.1 Å². The third kappa shape index (κ3) is 1.25. The maximum absolute atomic E-state index is 11.7. The van der Waals surface area contributed by atoms with E-state index in [0.29, 0.717) is 0 Å². The number of nitrogens with zero attached hydrogens (tertiary/aromatic N) is 2. The molecule has 0 N–H and O–H groups in total. The molecule has 0 aliphatic heterocycles. The number of halogens is 2. The summed E-state index contributed by atoms with van der Waals surface area (Å²) in [6.45, 7) is 0. The molecule has 1 radical (unpaired) electrons. The first kappa shape index (κ1) is 6.19. The molecule has 2 nitrogen and oxygen atoms in total. The summed E-state index contributed by atoms with van der Waals surface area (Å²) in [5.41, 5.74) is -0.225. The van der Waals surface area contributed by atoms with Crippen molar-refractivity contribution in [3.05, 3.63) is 18.0 Å². The Morgan fingerprint density at radius 1 is 1.78 bits per heavy atom. The van der Waals surface area contributed by atoms with Crippen LogP contribution in [-0.2, 0) is 7.05 Å². The minimum absolute atomic E-state index is 0.225. The van der Waals surface area contributed by atoms with Gasteiger partial charge in [-0.25, -0.2) is 8.78 Å². The summed E-state index contributed by atoms with van der Waals surface area (Å²) in [4.78, 5) is 0. The minimum Gasteiger partial charge on any atom is -0.266 e. The van der Waals surface area contributed by atoms with Crippen molar-refractivity contribution in [2.45, 2.75) is 6.43 Å². The highest BCUT2D eigenvalue weighted by Crippen LogP contribution is 2.14. The lowest BCUT2D eigenvalue weighted by Crippen LogP contribution is -1.90. The minimum atomic E-state index is -2.48. The highest BCUT2D eigenvalue weighted by Gasteiger charge is 2.08. The third-order valence-corrected chi connectivity index (χ3v) is 0.888. The van der Waals surface area contributed by atoms with Crippen molar-refractivity contribution in [2.24, 2.45) is 7.05 Å². The normalized spacial score (nSPS) is 10.7. The van der Waals surface area contributed by atoms with E-state index in [4.69, 9.17) is 0 Å². The summed E-state index contributed by atoms with van der Waals surface area (Å²) >= 11 is 0. The molecule has 9 heavy (non-hydrogen) atoms. The predicted molar refractivity (Wildman–Crippen MR) is 27.0 cm³/mol. The fourth-order valence-electron chi connectivity index (χ4n) is 0.497. The Morgan fingerprint density at radius 3 is 2.67 bits per heavy atom. The quantitative estimate of drug-likeness (QED) is 0.559. The number of hydrogen-bond acceptors (Lipinski definition) is 1. The van der Waals surface area contributed by atoms with Gasteiger partial charge in [-0.15, -0.1) is 0 Å². The van der Waals surface area contributed by atoms with E-state index >= 15 is 0 Å². The Balaban J connectivity index is 2.85. The first-order valence-electron chi connectivity index (χ1n) is 2.40. The second-order valence-electron chi connectivity index (χ2n) is 1.62. The van der Waals surface area contributed by atoms with Gasteiger partial charge in [0.05, 0.1) is 6.20 Å². The Bertz CT molecular complexity index is 195. The lowest BCUT2D eigenvalue weighted by Gasteiger charge is -1.88. The zero-order valence-electron chi connectivity index (χ0n) is 4.81. The number of hydrogen-bond donors (Lipinski definition) is 0. The zero-order chi connectivity index (χ0) is 6.85. The predicted octanol–water partition coefficient (Wildman–Crippen LogP) is 1.16. The van der Waals surface area contributed by atoms with Crippen LogP contribution in [0.1, 0.15) is 12.1 Å². The number of aromatic nitrogens is 2. The average molecular weight is 131 g/mol. The summed E-state index contributed by atoms with van der Waals surface area (Å²) in [5.74, 6) is 0. The molecule has 1 heterocycles. The van der Waals surface area contributed by atoms with Gasteiger partial charge in [-0.2, -0.15) is 5.10 Å². The topological polar surface area (TPSA) is 17.8 Å². The van der Waals surface area contributed by atoms with Crippen LogP contribution in [0.25, 0.3) is 0 Å². The van der Waals surface area contributed by atoms with E-state index in [1.165, 1.54) is 10.7 Å². The Morgan fingerprint density at radius 2 is 2.44 bits per heavy atom. The van der Waals surface area contributed by atoms with Crippen molar-refractivity contribution in [1.29, 1.82) is 0 Å². The Kier molecular flexibility index (Phi) is 1.46. The summed E-state index contributed by atoms with van der Waals surface area (Å²) in [5, 5.41) is 3.42. The molecule has 0 fully saturated rings. The van der Waals surface area contributed by atoms with E-state index in [1.807, 2.05) is 0 Å². The van der Waals surface area contributed by atoms with E-state index in [0.717, 1.165) is 0 Å². The van der Waals surface area contributed by atoms with Gasteiger partial charge in [0.1, 0.15) is 5.69 Å². The maximum atomic E-state index is 11.7. The van der Waals surface area contributed by atoms with Crippen molar-refractivity contribution >= 4 is 0 Å². The molecule has 1 aromatic rings. The summed E-state index contributed by atoms with van der Waals surface area (Å²) in [6, 6.07) is 1.17. The molecular weight excluding hydrogens is 126 g/mol. The maximum Gasteiger partial charge on any atom is 0.282 e. The van der Waals surface area contributed by atoms with E-state index in [9.17, 15) is 8.78 Å².